The zero-order valence-electron chi connectivity index (χ0n) is 11.5. The molecule has 2 atom stereocenters. The number of unbranched alkanes of at least 4 members (excludes halogenated alkanes) is 4. The Kier molecular flexibility index (Phi) is 7.70. The van der Waals surface area contributed by atoms with Crippen LogP contribution in [0.2, 0.25) is 0 Å². The van der Waals surface area contributed by atoms with E-state index in [4.69, 9.17) is 4.74 Å². The lowest BCUT2D eigenvalue weighted by Crippen LogP contribution is -2.40. The van der Waals surface area contributed by atoms with Crippen LogP contribution >= 0.6 is 0 Å². The van der Waals surface area contributed by atoms with Crippen molar-refractivity contribution in [2.45, 2.75) is 51.5 Å². The van der Waals surface area contributed by atoms with E-state index < -0.39 is 22.8 Å². The number of cyclic esters (lactones) is 1. The van der Waals surface area contributed by atoms with Gasteiger partial charge in [-0.3, -0.25) is 9.00 Å². The molecule has 1 amide bonds. The Morgan fingerprint density at radius 3 is 2.74 bits per heavy atom. The van der Waals surface area contributed by atoms with Gasteiger partial charge in [0.1, 0.15) is 11.8 Å². The van der Waals surface area contributed by atoms with E-state index in [0.29, 0.717) is 18.8 Å². The summed E-state index contributed by atoms with van der Waals surface area (Å²) in [5, 5.41) is 2.56. The molecule has 6 heteroatoms. The maximum atomic E-state index is 11.7. The van der Waals surface area contributed by atoms with Crippen LogP contribution in [0.5, 0.6) is 0 Å². The molecule has 0 radical (unpaired) electrons. The van der Waals surface area contributed by atoms with Gasteiger partial charge >= 0.3 is 5.97 Å². The number of hydrogen-bond donors (Lipinski definition) is 1. The summed E-state index contributed by atoms with van der Waals surface area (Å²) in [6.07, 6.45) is 6.02. The Morgan fingerprint density at radius 2 is 2.11 bits per heavy atom. The fourth-order valence-corrected chi connectivity index (χ4v) is 2.99. The summed E-state index contributed by atoms with van der Waals surface area (Å²) in [5.74, 6) is -0.168. The van der Waals surface area contributed by atoms with Crippen molar-refractivity contribution in [3.05, 3.63) is 0 Å². The monoisotopic (exact) mass is 289 g/mol. The molecule has 2 unspecified atom stereocenters. The highest BCUT2D eigenvalue weighted by atomic mass is 32.2. The molecular weight excluding hydrogens is 266 g/mol. The number of carbonyl (C=O) groups is 2. The summed E-state index contributed by atoms with van der Waals surface area (Å²) >= 11 is 0. The van der Waals surface area contributed by atoms with E-state index in [2.05, 4.69) is 12.2 Å². The van der Waals surface area contributed by atoms with E-state index in [0.717, 1.165) is 19.3 Å². The van der Waals surface area contributed by atoms with Crippen molar-refractivity contribution in [1.29, 1.82) is 0 Å². The van der Waals surface area contributed by atoms with Crippen LogP contribution in [0.25, 0.3) is 0 Å². The molecule has 110 valence electrons. The Morgan fingerprint density at radius 1 is 1.37 bits per heavy atom. The lowest BCUT2D eigenvalue weighted by molar-refractivity contribution is -0.141. The summed E-state index contributed by atoms with van der Waals surface area (Å²) in [5.41, 5.74) is 0. The molecule has 0 aliphatic carbocycles. The van der Waals surface area contributed by atoms with Gasteiger partial charge in [0.05, 0.1) is 6.61 Å². The smallest absolute Gasteiger partial charge is 0.328 e. The highest BCUT2D eigenvalue weighted by molar-refractivity contribution is 7.85. The van der Waals surface area contributed by atoms with E-state index in [1.54, 1.807) is 0 Å². The summed E-state index contributed by atoms with van der Waals surface area (Å²) < 4.78 is 16.4. The number of amides is 1. The molecule has 0 spiro atoms. The molecule has 0 aromatic rings. The second-order valence-corrected chi connectivity index (χ2v) is 6.36. The van der Waals surface area contributed by atoms with Crippen molar-refractivity contribution < 1.29 is 18.5 Å². The molecule has 5 nitrogen and oxygen atoms in total. The molecule has 0 aromatic heterocycles. The lowest BCUT2D eigenvalue weighted by atomic mass is 10.2. The second kappa shape index (κ2) is 9.07. The van der Waals surface area contributed by atoms with Crippen LogP contribution in [0.4, 0.5) is 0 Å². The van der Waals surface area contributed by atoms with E-state index in [-0.39, 0.29) is 11.7 Å². The molecule has 1 rings (SSSR count). The van der Waals surface area contributed by atoms with Crippen molar-refractivity contribution in [3.63, 3.8) is 0 Å². The third-order valence-electron chi connectivity index (χ3n) is 3.04. The summed E-state index contributed by atoms with van der Waals surface area (Å²) in [4.78, 5) is 22.7. The first-order valence-electron chi connectivity index (χ1n) is 6.94. The van der Waals surface area contributed by atoms with Crippen molar-refractivity contribution in [3.8, 4) is 0 Å². The molecule has 1 fully saturated rings. The molecule has 19 heavy (non-hydrogen) atoms. The molecule has 1 saturated heterocycles. The Hall–Kier alpha value is -0.910. The number of nitrogens with one attached hydrogen (secondary N) is 1. The van der Waals surface area contributed by atoms with Gasteiger partial charge in [-0.05, 0) is 6.42 Å². The zero-order valence-corrected chi connectivity index (χ0v) is 12.3. The van der Waals surface area contributed by atoms with Crippen molar-refractivity contribution in [2.75, 3.05) is 18.1 Å². The fraction of sp³-hybridized carbons (Fsp3) is 0.846. The van der Waals surface area contributed by atoms with Gasteiger partial charge in [-0.1, -0.05) is 32.6 Å². The third-order valence-corrected chi connectivity index (χ3v) is 4.37. The van der Waals surface area contributed by atoms with Crippen LogP contribution in [0.1, 0.15) is 45.4 Å². The fourth-order valence-electron chi connectivity index (χ4n) is 1.95. The number of esters is 1. The lowest BCUT2D eigenvalue weighted by Gasteiger charge is -2.08. The van der Waals surface area contributed by atoms with Crippen LogP contribution in [0.3, 0.4) is 0 Å². The average Bonchev–Trinajstić information content (AvgIpc) is 2.74. The quantitative estimate of drug-likeness (QED) is 0.510. The average molecular weight is 289 g/mol. The first kappa shape index (κ1) is 16.1. The van der Waals surface area contributed by atoms with Crippen LogP contribution in [-0.2, 0) is 25.1 Å². The Balaban J connectivity index is 2.10. The maximum Gasteiger partial charge on any atom is 0.328 e. The third kappa shape index (κ3) is 6.71. The van der Waals surface area contributed by atoms with E-state index in [1.807, 2.05) is 0 Å². The second-order valence-electron chi connectivity index (χ2n) is 4.78. The highest BCUT2D eigenvalue weighted by Gasteiger charge is 2.28. The van der Waals surface area contributed by atoms with E-state index in [1.165, 1.54) is 12.8 Å². The minimum atomic E-state index is -1.13. The van der Waals surface area contributed by atoms with E-state index >= 15 is 0 Å². The predicted octanol–water partition coefficient (Wildman–Crippen LogP) is 1.14. The minimum Gasteiger partial charge on any atom is -0.464 e. The predicted molar refractivity (Wildman–Crippen MR) is 74.1 cm³/mol. The van der Waals surface area contributed by atoms with Gasteiger partial charge in [0.25, 0.3) is 0 Å². The van der Waals surface area contributed by atoms with Gasteiger partial charge in [-0.15, -0.1) is 0 Å². The largest absolute Gasteiger partial charge is 0.464 e. The number of carbonyl (C=O) groups excluding carboxylic acids is 2. The minimum absolute atomic E-state index is 0.0163. The first-order chi connectivity index (χ1) is 9.13. The molecule has 1 N–H and O–H groups in total. The molecule has 1 aliphatic rings. The van der Waals surface area contributed by atoms with Crippen LogP contribution in [0.15, 0.2) is 0 Å². The summed E-state index contributed by atoms with van der Waals surface area (Å²) in [7, 11) is -1.13. The number of rotatable bonds is 9. The van der Waals surface area contributed by atoms with Gasteiger partial charge in [-0.2, -0.15) is 0 Å². The molecule has 0 bridgehead atoms. The molecule has 0 aromatic carbocycles. The van der Waals surface area contributed by atoms with Crippen LogP contribution < -0.4 is 5.32 Å². The Bertz CT molecular complexity index is 333. The summed E-state index contributed by atoms with van der Waals surface area (Å²) in [6, 6.07) is -0.547. The van der Waals surface area contributed by atoms with Crippen molar-refractivity contribution >= 4 is 22.7 Å². The van der Waals surface area contributed by atoms with Crippen molar-refractivity contribution in [1.82, 2.24) is 5.32 Å². The number of hydrogen-bond acceptors (Lipinski definition) is 4. The number of ether oxygens (including phenoxy) is 1. The van der Waals surface area contributed by atoms with Gasteiger partial charge in [-0.25, -0.2) is 4.79 Å². The molecule has 0 saturated carbocycles. The highest BCUT2D eigenvalue weighted by Crippen LogP contribution is 2.06. The van der Waals surface area contributed by atoms with Gasteiger partial charge < -0.3 is 10.1 Å². The maximum absolute atomic E-state index is 11.7. The molecule has 1 heterocycles. The van der Waals surface area contributed by atoms with Gasteiger partial charge in [0, 0.05) is 23.0 Å². The standard InChI is InChI=1S/C13H23NO4S/c1-2-3-4-5-6-9-19(17)10-12(15)14-11-7-8-18-13(11)16/h11H,2-10H2,1H3,(H,14,15). The van der Waals surface area contributed by atoms with Crippen LogP contribution in [-0.4, -0.2) is 40.2 Å². The molecular formula is C13H23NO4S. The zero-order chi connectivity index (χ0) is 14.1. The van der Waals surface area contributed by atoms with Gasteiger partial charge in [0.2, 0.25) is 5.91 Å². The topological polar surface area (TPSA) is 72.5 Å². The normalized spacial score (nSPS) is 20.1. The first-order valence-corrected chi connectivity index (χ1v) is 8.43. The van der Waals surface area contributed by atoms with E-state index in [9.17, 15) is 13.8 Å². The Labute approximate surface area is 116 Å². The molecule has 1 aliphatic heterocycles. The van der Waals surface area contributed by atoms with Crippen LogP contribution in [0, 0.1) is 0 Å². The summed E-state index contributed by atoms with van der Waals surface area (Å²) in [6.45, 7) is 2.50. The van der Waals surface area contributed by atoms with Gasteiger partial charge in [0.15, 0.2) is 0 Å². The SMILES string of the molecule is CCCCCCCS(=O)CC(=O)NC1CCOC1=O. The van der Waals surface area contributed by atoms with Crippen molar-refractivity contribution in [2.24, 2.45) is 0 Å².